The first-order chi connectivity index (χ1) is 17.2. The second-order valence-corrected chi connectivity index (χ2v) is 14.6. The minimum absolute atomic E-state index is 0.805. The lowest BCUT2D eigenvalue weighted by Gasteiger charge is -2.28. The van der Waals surface area contributed by atoms with Crippen molar-refractivity contribution in [3.8, 4) is 0 Å². The van der Waals surface area contributed by atoms with Gasteiger partial charge in [0.15, 0.2) is 0 Å². The van der Waals surface area contributed by atoms with Gasteiger partial charge in [-0.2, -0.15) is 0 Å². The zero-order chi connectivity index (χ0) is 25.7. The molecular formula is C32H68O2Si. The van der Waals surface area contributed by atoms with Crippen LogP contribution in [0.1, 0.15) is 182 Å². The van der Waals surface area contributed by atoms with Crippen molar-refractivity contribution in [1.82, 2.24) is 0 Å². The number of hydrogen-bond acceptors (Lipinski definition) is 2. The molecule has 0 radical (unpaired) electrons. The second kappa shape index (κ2) is 28.7. The molecule has 2 nitrogen and oxygen atoms in total. The van der Waals surface area contributed by atoms with Gasteiger partial charge in [-0.25, -0.2) is 0 Å². The van der Waals surface area contributed by atoms with Crippen molar-refractivity contribution >= 4 is 8.56 Å². The monoisotopic (exact) mass is 512 g/mol. The van der Waals surface area contributed by atoms with E-state index in [-0.39, 0.29) is 0 Å². The highest BCUT2D eigenvalue weighted by atomic mass is 28.4. The predicted octanol–water partition coefficient (Wildman–Crippen LogP) is 11.9. The van der Waals surface area contributed by atoms with Crippen molar-refractivity contribution in [2.24, 2.45) is 0 Å². The Morgan fingerprint density at radius 1 is 0.343 bits per heavy atom. The van der Waals surface area contributed by atoms with Crippen LogP contribution in [-0.4, -0.2) is 21.8 Å². The maximum Gasteiger partial charge on any atom is 0.337 e. The van der Waals surface area contributed by atoms with Crippen LogP contribution in [0.3, 0.4) is 0 Å². The van der Waals surface area contributed by atoms with Crippen molar-refractivity contribution in [3.05, 3.63) is 0 Å². The number of hydrogen-bond donors (Lipinski definition) is 0. The Hall–Kier alpha value is 0.137. The van der Waals surface area contributed by atoms with E-state index >= 15 is 0 Å². The van der Waals surface area contributed by atoms with Gasteiger partial charge in [-0.15, -0.1) is 0 Å². The average molecular weight is 513 g/mol. The topological polar surface area (TPSA) is 18.5 Å². The second-order valence-electron chi connectivity index (χ2n) is 11.0. The molecule has 0 aliphatic carbocycles. The van der Waals surface area contributed by atoms with E-state index in [9.17, 15) is 0 Å². The molecule has 0 heterocycles. The quantitative estimate of drug-likeness (QED) is 0.0703. The first kappa shape index (κ1) is 35.1. The summed E-state index contributed by atoms with van der Waals surface area (Å²) in [7, 11) is -1.89. The molecule has 0 saturated carbocycles. The van der Waals surface area contributed by atoms with E-state index in [0.29, 0.717) is 0 Å². The molecular weight excluding hydrogens is 444 g/mol. The zero-order valence-electron chi connectivity index (χ0n) is 25.1. The Balaban J connectivity index is 3.24. The highest BCUT2D eigenvalue weighted by Gasteiger charge is 2.33. The van der Waals surface area contributed by atoms with Gasteiger partial charge in [-0.05, 0) is 25.9 Å². The Labute approximate surface area is 224 Å². The minimum Gasteiger partial charge on any atom is -0.394 e. The molecule has 0 unspecified atom stereocenters. The first-order valence-electron chi connectivity index (χ1n) is 16.5. The molecule has 35 heavy (non-hydrogen) atoms. The summed E-state index contributed by atoms with van der Waals surface area (Å²) in [6, 6.07) is 2.28. The van der Waals surface area contributed by atoms with Crippen LogP contribution in [0, 0.1) is 0 Å². The SMILES string of the molecule is CCCCCCCCCCCCCCCCCCCCCCCCCC[Si](CC)(OCC)OCC. The summed E-state index contributed by atoms with van der Waals surface area (Å²) in [6.07, 6.45) is 34.8. The van der Waals surface area contributed by atoms with Crippen LogP contribution in [0.5, 0.6) is 0 Å². The Morgan fingerprint density at radius 3 is 0.829 bits per heavy atom. The van der Waals surface area contributed by atoms with Crippen molar-refractivity contribution < 1.29 is 8.85 Å². The molecule has 0 atom stereocenters. The van der Waals surface area contributed by atoms with Gasteiger partial charge >= 0.3 is 8.56 Å². The lowest BCUT2D eigenvalue weighted by atomic mass is 10.0. The summed E-state index contributed by atoms with van der Waals surface area (Å²) in [5, 5.41) is 0. The Bertz CT molecular complexity index is 382. The average Bonchev–Trinajstić information content (AvgIpc) is 2.86. The van der Waals surface area contributed by atoms with Gasteiger partial charge in [0.05, 0.1) is 0 Å². The third-order valence-electron chi connectivity index (χ3n) is 7.76. The maximum atomic E-state index is 6.09. The van der Waals surface area contributed by atoms with Gasteiger partial charge in [0.25, 0.3) is 0 Å². The third-order valence-corrected chi connectivity index (χ3v) is 11.6. The van der Waals surface area contributed by atoms with E-state index < -0.39 is 8.56 Å². The van der Waals surface area contributed by atoms with Gasteiger partial charge in [-0.3, -0.25) is 0 Å². The molecule has 0 saturated heterocycles. The predicted molar refractivity (Wildman–Crippen MR) is 161 cm³/mol. The van der Waals surface area contributed by atoms with Crippen molar-refractivity contribution in [3.63, 3.8) is 0 Å². The van der Waals surface area contributed by atoms with E-state index in [1.54, 1.807) is 0 Å². The van der Waals surface area contributed by atoms with E-state index in [2.05, 4.69) is 27.7 Å². The molecule has 0 aromatic carbocycles. The summed E-state index contributed by atoms with van der Waals surface area (Å²) in [6.45, 7) is 10.4. The van der Waals surface area contributed by atoms with E-state index in [4.69, 9.17) is 8.85 Å². The van der Waals surface area contributed by atoms with Crippen LogP contribution in [0.2, 0.25) is 12.1 Å². The number of rotatable bonds is 30. The smallest absolute Gasteiger partial charge is 0.337 e. The fourth-order valence-electron chi connectivity index (χ4n) is 5.45. The van der Waals surface area contributed by atoms with Crippen LogP contribution < -0.4 is 0 Å². The summed E-state index contributed by atoms with van der Waals surface area (Å²) < 4.78 is 12.2. The summed E-state index contributed by atoms with van der Waals surface area (Å²) >= 11 is 0. The number of unbranched alkanes of at least 4 members (excludes halogenated alkanes) is 23. The standard InChI is InChI=1S/C32H68O2Si/c1-5-9-10-11-12-13-14-15-16-17-18-19-20-21-22-23-24-25-26-27-28-29-30-31-32-35(8-4,33-6-2)34-7-3/h5-32H2,1-4H3. The molecule has 0 aliphatic heterocycles. The van der Waals surface area contributed by atoms with Crippen LogP contribution in [0.15, 0.2) is 0 Å². The Kier molecular flexibility index (Phi) is 28.8. The fraction of sp³-hybridized carbons (Fsp3) is 1.00. The van der Waals surface area contributed by atoms with Crippen molar-refractivity contribution in [1.29, 1.82) is 0 Å². The van der Waals surface area contributed by atoms with Gasteiger partial charge in [0, 0.05) is 13.2 Å². The molecule has 0 spiro atoms. The Morgan fingerprint density at radius 2 is 0.600 bits per heavy atom. The zero-order valence-corrected chi connectivity index (χ0v) is 26.1. The van der Waals surface area contributed by atoms with Crippen LogP contribution in [-0.2, 0) is 8.85 Å². The van der Waals surface area contributed by atoms with Crippen LogP contribution in [0.25, 0.3) is 0 Å². The molecule has 0 fully saturated rings. The molecule has 212 valence electrons. The van der Waals surface area contributed by atoms with Gasteiger partial charge < -0.3 is 8.85 Å². The molecule has 0 rings (SSSR count). The van der Waals surface area contributed by atoms with Crippen LogP contribution in [0.4, 0.5) is 0 Å². The van der Waals surface area contributed by atoms with Gasteiger partial charge in [0.2, 0.25) is 0 Å². The van der Waals surface area contributed by atoms with E-state index in [0.717, 1.165) is 19.3 Å². The van der Waals surface area contributed by atoms with E-state index in [1.807, 2.05) is 0 Å². The minimum atomic E-state index is -1.89. The first-order valence-corrected chi connectivity index (χ1v) is 18.8. The van der Waals surface area contributed by atoms with E-state index in [1.165, 1.54) is 160 Å². The van der Waals surface area contributed by atoms with Gasteiger partial charge in [-0.1, -0.05) is 168 Å². The largest absolute Gasteiger partial charge is 0.394 e. The highest BCUT2D eigenvalue weighted by Crippen LogP contribution is 2.23. The molecule has 0 aromatic rings. The van der Waals surface area contributed by atoms with Gasteiger partial charge in [0.1, 0.15) is 0 Å². The summed E-state index contributed by atoms with van der Waals surface area (Å²) in [4.78, 5) is 0. The summed E-state index contributed by atoms with van der Waals surface area (Å²) in [5.74, 6) is 0. The molecule has 3 heteroatoms. The van der Waals surface area contributed by atoms with Crippen LogP contribution >= 0.6 is 0 Å². The third kappa shape index (κ3) is 24.2. The molecule has 0 bridgehead atoms. The van der Waals surface area contributed by atoms with Crippen molar-refractivity contribution in [2.45, 2.75) is 194 Å². The molecule has 0 aromatic heterocycles. The lowest BCUT2D eigenvalue weighted by Crippen LogP contribution is -2.41. The van der Waals surface area contributed by atoms with Crippen molar-refractivity contribution in [2.75, 3.05) is 13.2 Å². The molecule has 0 aliphatic rings. The normalized spacial score (nSPS) is 12.0. The fourth-order valence-corrected chi connectivity index (χ4v) is 8.42. The molecule has 0 N–H and O–H groups in total. The highest BCUT2D eigenvalue weighted by molar-refractivity contribution is 6.67. The molecule has 0 amide bonds. The maximum absolute atomic E-state index is 6.09. The summed E-state index contributed by atoms with van der Waals surface area (Å²) in [5.41, 5.74) is 0. The lowest BCUT2D eigenvalue weighted by molar-refractivity contribution is 0.182.